The number of nitrogens with two attached hydrogens (primary N) is 1. The highest BCUT2D eigenvalue weighted by Gasteiger charge is 2.06. The fraction of sp³-hybridized carbons (Fsp3) is 0.222. The van der Waals surface area contributed by atoms with Gasteiger partial charge in [0.15, 0.2) is 0 Å². The van der Waals surface area contributed by atoms with E-state index in [1.54, 1.807) is 18.2 Å². The lowest BCUT2D eigenvalue weighted by Crippen LogP contribution is -2.12. The van der Waals surface area contributed by atoms with E-state index < -0.39 is 5.97 Å². The van der Waals surface area contributed by atoms with Crippen LogP contribution in [0.15, 0.2) is 24.3 Å². The van der Waals surface area contributed by atoms with Gasteiger partial charge in [0.05, 0.1) is 5.56 Å². The molecule has 1 rings (SSSR count). The molecule has 0 bridgehead atoms. The second kappa shape index (κ2) is 3.91. The van der Waals surface area contributed by atoms with Crippen LogP contribution in [0.2, 0.25) is 0 Å². The third kappa shape index (κ3) is 2.19. The van der Waals surface area contributed by atoms with E-state index in [4.69, 9.17) is 5.90 Å². The average Bonchev–Trinajstić information content (AvgIpc) is 2.17. The first-order chi connectivity index (χ1) is 6.15. The predicted octanol–water partition coefficient (Wildman–Crippen LogP) is 0.783. The second-order valence-corrected chi connectivity index (χ2v) is 2.85. The summed E-state index contributed by atoms with van der Waals surface area (Å²) in [6.07, 6.45) is 0. The molecule has 0 aliphatic rings. The summed E-state index contributed by atoms with van der Waals surface area (Å²) < 4.78 is 0. The lowest BCUT2D eigenvalue weighted by atomic mass is 10.2. The summed E-state index contributed by atoms with van der Waals surface area (Å²) >= 11 is 0. The highest BCUT2D eigenvalue weighted by atomic mass is 16.7. The van der Waals surface area contributed by atoms with E-state index >= 15 is 0 Å². The summed E-state index contributed by atoms with van der Waals surface area (Å²) in [7, 11) is 3.79. The standard InChI is InChI=1S/C9H12N2O2/c1-11(2)8-5-3-4-7(6-8)9(12)13-10/h3-6H,10H2,1-2H3. The first-order valence-corrected chi connectivity index (χ1v) is 3.83. The van der Waals surface area contributed by atoms with Crippen LogP contribution in [0.25, 0.3) is 0 Å². The largest absolute Gasteiger partial charge is 0.378 e. The Labute approximate surface area is 76.9 Å². The lowest BCUT2D eigenvalue weighted by Gasteiger charge is -2.12. The van der Waals surface area contributed by atoms with E-state index in [-0.39, 0.29) is 0 Å². The zero-order valence-corrected chi connectivity index (χ0v) is 7.65. The smallest absolute Gasteiger partial charge is 0.356 e. The van der Waals surface area contributed by atoms with E-state index in [0.29, 0.717) is 5.56 Å². The molecule has 1 aromatic carbocycles. The summed E-state index contributed by atoms with van der Waals surface area (Å²) in [5, 5.41) is 0. The molecule has 0 atom stereocenters. The Bertz CT molecular complexity index is 310. The Kier molecular flexibility index (Phi) is 2.87. The highest BCUT2D eigenvalue weighted by molar-refractivity contribution is 5.90. The molecule has 0 aromatic heterocycles. The summed E-state index contributed by atoms with van der Waals surface area (Å²) in [4.78, 5) is 17.0. The van der Waals surface area contributed by atoms with Gasteiger partial charge in [-0.15, -0.1) is 0 Å². The van der Waals surface area contributed by atoms with Crippen molar-refractivity contribution in [2.24, 2.45) is 5.90 Å². The van der Waals surface area contributed by atoms with E-state index in [1.807, 2.05) is 25.1 Å². The first-order valence-electron chi connectivity index (χ1n) is 3.83. The fourth-order valence-corrected chi connectivity index (χ4v) is 0.979. The van der Waals surface area contributed by atoms with Crippen molar-refractivity contribution in [3.8, 4) is 0 Å². The maximum absolute atomic E-state index is 11.0. The number of benzene rings is 1. The van der Waals surface area contributed by atoms with Crippen LogP contribution in [-0.2, 0) is 4.84 Å². The third-order valence-electron chi connectivity index (χ3n) is 1.71. The minimum Gasteiger partial charge on any atom is -0.378 e. The van der Waals surface area contributed by atoms with Gasteiger partial charge in [-0.1, -0.05) is 6.07 Å². The Hall–Kier alpha value is -1.55. The Morgan fingerprint density at radius 2 is 2.15 bits per heavy atom. The summed E-state index contributed by atoms with van der Waals surface area (Å²) in [5.41, 5.74) is 1.39. The van der Waals surface area contributed by atoms with Crippen LogP contribution in [-0.4, -0.2) is 20.1 Å². The van der Waals surface area contributed by atoms with Gasteiger partial charge in [-0.05, 0) is 18.2 Å². The van der Waals surface area contributed by atoms with Crippen molar-refractivity contribution in [1.29, 1.82) is 0 Å². The zero-order chi connectivity index (χ0) is 9.84. The zero-order valence-electron chi connectivity index (χ0n) is 7.65. The number of hydrogen-bond donors (Lipinski definition) is 1. The third-order valence-corrected chi connectivity index (χ3v) is 1.71. The van der Waals surface area contributed by atoms with Gasteiger partial charge < -0.3 is 9.74 Å². The Morgan fingerprint density at radius 1 is 1.46 bits per heavy atom. The van der Waals surface area contributed by atoms with Gasteiger partial charge in [0.1, 0.15) is 0 Å². The molecule has 0 radical (unpaired) electrons. The Balaban J connectivity index is 2.98. The van der Waals surface area contributed by atoms with Gasteiger partial charge in [-0.3, -0.25) is 0 Å². The molecule has 4 heteroatoms. The fourth-order valence-electron chi connectivity index (χ4n) is 0.979. The predicted molar refractivity (Wildman–Crippen MR) is 50.4 cm³/mol. The molecular formula is C9H12N2O2. The molecule has 0 aliphatic carbocycles. The van der Waals surface area contributed by atoms with Crippen LogP contribution in [0.5, 0.6) is 0 Å². The number of carbonyl (C=O) groups excluding carboxylic acids is 1. The molecule has 0 saturated carbocycles. The number of nitrogens with zero attached hydrogens (tertiary/aromatic N) is 1. The average molecular weight is 180 g/mol. The molecule has 4 nitrogen and oxygen atoms in total. The number of carbonyl (C=O) groups is 1. The van der Waals surface area contributed by atoms with Gasteiger partial charge in [0.25, 0.3) is 0 Å². The summed E-state index contributed by atoms with van der Waals surface area (Å²) in [6, 6.07) is 7.05. The van der Waals surface area contributed by atoms with Crippen molar-refractivity contribution in [3.63, 3.8) is 0 Å². The maximum atomic E-state index is 11.0. The van der Waals surface area contributed by atoms with E-state index in [0.717, 1.165) is 5.69 Å². The highest BCUT2D eigenvalue weighted by Crippen LogP contribution is 2.13. The van der Waals surface area contributed by atoms with Crippen molar-refractivity contribution in [2.75, 3.05) is 19.0 Å². The molecular weight excluding hydrogens is 168 g/mol. The van der Waals surface area contributed by atoms with Gasteiger partial charge in [-0.25, -0.2) is 4.79 Å². The lowest BCUT2D eigenvalue weighted by molar-refractivity contribution is 0.0503. The second-order valence-electron chi connectivity index (χ2n) is 2.85. The molecule has 13 heavy (non-hydrogen) atoms. The summed E-state index contributed by atoms with van der Waals surface area (Å²) in [6.45, 7) is 0. The minimum absolute atomic E-state index is 0.453. The van der Waals surface area contributed by atoms with E-state index in [9.17, 15) is 4.79 Å². The van der Waals surface area contributed by atoms with E-state index in [2.05, 4.69) is 4.84 Å². The van der Waals surface area contributed by atoms with Crippen LogP contribution in [0.1, 0.15) is 10.4 Å². The van der Waals surface area contributed by atoms with Crippen LogP contribution in [0.3, 0.4) is 0 Å². The minimum atomic E-state index is -0.524. The van der Waals surface area contributed by atoms with Crippen LogP contribution >= 0.6 is 0 Å². The maximum Gasteiger partial charge on any atom is 0.356 e. The monoisotopic (exact) mass is 180 g/mol. The summed E-state index contributed by atoms with van der Waals surface area (Å²) in [5.74, 6) is 4.24. The first kappa shape index (κ1) is 9.54. The van der Waals surface area contributed by atoms with Crippen molar-refractivity contribution in [1.82, 2.24) is 0 Å². The molecule has 1 aromatic rings. The van der Waals surface area contributed by atoms with Crippen molar-refractivity contribution in [2.45, 2.75) is 0 Å². The topological polar surface area (TPSA) is 55.6 Å². The number of anilines is 1. The van der Waals surface area contributed by atoms with Gasteiger partial charge >= 0.3 is 5.97 Å². The molecule has 2 N–H and O–H groups in total. The molecule has 0 fully saturated rings. The van der Waals surface area contributed by atoms with E-state index in [1.165, 1.54) is 0 Å². The van der Waals surface area contributed by atoms with Crippen molar-refractivity contribution in [3.05, 3.63) is 29.8 Å². The van der Waals surface area contributed by atoms with Crippen molar-refractivity contribution < 1.29 is 9.63 Å². The number of rotatable bonds is 2. The van der Waals surface area contributed by atoms with Crippen molar-refractivity contribution >= 4 is 11.7 Å². The van der Waals surface area contributed by atoms with Crippen LogP contribution in [0, 0.1) is 0 Å². The molecule has 0 spiro atoms. The Morgan fingerprint density at radius 3 is 2.69 bits per heavy atom. The molecule has 0 aliphatic heterocycles. The van der Waals surface area contributed by atoms with Gasteiger partial charge in [0.2, 0.25) is 0 Å². The van der Waals surface area contributed by atoms with Crippen LogP contribution < -0.4 is 10.8 Å². The quantitative estimate of drug-likeness (QED) is 0.683. The molecule has 0 heterocycles. The van der Waals surface area contributed by atoms with Gasteiger partial charge in [0, 0.05) is 19.8 Å². The van der Waals surface area contributed by atoms with Gasteiger partial charge in [-0.2, -0.15) is 5.90 Å². The molecule has 70 valence electrons. The van der Waals surface area contributed by atoms with Crippen LogP contribution in [0.4, 0.5) is 5.69 Å². The molecule has 0 amide bonds. The molecule has 0 unspecified atom stereocenters. The normalized spacial score (nSPS) is 9.46. The number of hydrogen-bond acceptors (Lipinski definition) is 4. The molecule has 0 saturated heterocycles. The SMILES string of the molecule is CN(C)c1cccc(C(=O)ON)c1.